The van der Waals surface area contributed by atoms with Crippen LogP contribution in [0.25, 0.3) is 16.6 Å². The summed E-state index contributed by atoms with van der Waals surface area (Å²) in [7, 11) is 2.08. The van der Waals surface area contributed by atoms with Crippen LogP contribution in [-0.4, -0.2) is 70.2 Å². The quantitative estimate of drug-likeness (QED) is 0.466. The van der Waals surface area contributed by atoms with Gasteiger partial charge in [0.2, 0.25) is 5.95 Å². The lowest BCUT2D eigenvalue weighted by molar-refractivity contribution is -0.0501. The highest BCUT2D eigenvalue weighted by Gasteiger charge is 2.22. The molecule has 0 aliphatic carbocycles. The summed E-state index contributed by atoms with van der Waals surface area (Å²) < 4.78 is 31.5. The third-order valence-corrected chi connectivity index (χ3v) is 5.75. The summed E-state index contributed by atoms with van der Waals surface area (Å²) in [6.07, 6.45) is 0. The van der Waals surface area contributed by atoms with E-state index in [1.807, 2.05) is 24.3 Å². The minimum Gasteiger partial charge on any atom is -0.434 e. The smallest absolute Gasteiger partial charge is 0.387 e. The molecule has 1 aliphatic heterocycles. The molecule has 11 heteroatoms. The second-order valence-corrected chi connectivity index (χ2v) is 8.04. The number of fused-ring (bicyclic) bond motifs is 3. The lowest BCUT2D eigenvalue weighted by Crippen LogP contribution is -2.45. The molecular weight excluding hydrogens is 444 g/mol. The molecule has 0 radical (unpaired) electrons. The van der Waals surface area contributed by atoms with Crippen LogP contribution in [0.15, 0.2) is 48.5 Å². The molecule has 2 aromatic carbocycles. The minimum atomic E-state index is -3.03. The Morgan fingerprint density at radius 1 is 1.06 bits per heavy atom. The largest absolute Gasteiger partial charge is 0.434 e. The zero-order chi connectivity index (χ0) is 23.7. The Morgan fingerprint density at radius 2 is 1.79 bits per heavy atom. The first-order valence-corrected chi connectivity index (χ1v) is 10.9. The number of ether oxygens (including phenoxy) is 1. The number of halogens is 2. The number of hydrogen-bond acceptors (Lipinski definition) is 7. The standard InChI is InChI=1S/C23H23F2N7O2/c1-30-10-12-31(13-11-30)23-27-17-8-4-2-6-15(17)20-28-19(29-32(20)23)14-26-21(33)16-7-3-5-9-18(16)34-22(24)25/h2-9,22H,10-14H2,1H3,(H,26,33). The summed E-state index contributed by atoms with van der Waals surface area (Å²) in [6.45, 7) is 0.428. The van der Waals surface area contributed by atoms with Gasteiger partial charge in [-0.3, -0.25) is 4.79 Å². The Labute approximate surface area is 194 Å². The fraction of sp³-hybridized carbons (Fsp3) is 0.304. The molecule has 1 amide bonds. The van der Waals surface area contributed by atoms with Crippen LogP contribution in [0.4, 0.5) is 14.7 Å². The minimum absolute atomic E-state index is 0.0109. The number of benzene rings is 2. The molecule has 1 N–H and O–H groups in total. The Balaban J connectivity index is 1.44. The van der Waals surface area contributed by atoms with E-state index in [-0.39, 0.29) is 17.9 Å². The molecule has 1 fully saturated rings. The first-order chi connectivity index (χ1) is 16.5. The average Bonchev–Trinajstić information content (AvgIpc) is 3.27. The molecule has 0 spiro atoms. The number of carbonyl (C=O) groups is 1. The van der Waals surface area contributed by atoms with Crippen molar-refractivity contribution in [3.05, 3.63) is 59.9 Å². The van der Waals surface area contributed by atoms with Gasteiger partial charge in [-0.2, -0.15) is 13.3 Å². The van der Waals surface area contributed by atoms with Gasteiger partial charge < -0.3 is 19.9 Å². The van der Waals surface area contributed by atoms with E-state index in [2.05, 4.69) is 37.0 Å². The summed E-state index contributed by atoms with van der Waals surface area (Å²) in [6, 6.07) is 13.6. The van der Waals surface area contributed by atoms with Crippen LogP contribution in [0.2, 0.25) is 0 Å². The Bertz CT molecular complexity index is 1340. The molecule has 1 aliphatic rings. The third kappa shape index (κ3) is 4.34. The zero-order valence-corrected chi connectivity index (χ0v) is 18.5. The maximum absolute atomic E-state index is 12.7. The Morgan fingerprint density at radius 3 is 2.59 bits per heavy atom. The fourth-order valence-corrected chi connectivity index (χ4v) is 3.98. The van der Waals surface area contributed by atoms with E-state index in [9.17, 15) is 13.6 Å². The second kappa shape index (κ2) is 9.18. The van der Waals surface area contributed by atoms with Crippen LogP contribution in [0.5, 0.6) is 5.75 Å². The summed E-state index contributed by atoms with van der Waals surface area (Å²) in [4.78, 5) is 26.6. The Kier molecular flexibility index (Phi) is 5.93. The molecular formula is C23H23F2N7O2. The predicted octanol–water partition coefficient (Wildman–Crippen LogP) is 2.56. The number of aromatic nitrogens is 4. The molecule has 0 saturated carbocycles. The van der Waals surface area contributed by atoms with Gasteiger partial charge >= 0.3 is 6.61 Å². The average molecular weight is 467 g/mol. The topological polar surface area (TPSA) is 87.9 Å². The van der Waals surface area contributed by atoms with E-state index in [1.165, 1.54) is 18.2 Å². The number of piperazine rings is 1. The molecule has 5 rings (SSSR count). The number of amides is 1. The molecule has 9 nitrogen and oxygen atoms in total. The summed E-state index contributed by atoms with van der Waals surface area (Å²) in [5.41, 5.74) is 1.46. The van der Waals surface area contributed by atoms with Crippen LogP contribution in [-0.2, 0) is 6.54 Å². The van der Waals surface area contributed by atoms with Gasteiger partial charge in [0.15, 0.2) is 11.5 Å². The van der Waals surface area contributed by atoms with Crippen LogP contribution < -0.4 is 15.0 Å². The van der Waals surface area contributed by atoms with Gasteiger partial charge in [0.1, 0.15) is 5.75 Å². The molecule has 34 heavy (non-hydrogen) atoms. The highest BCUT2D eigenvalue weighted by Crippen LogP contribution is 2.24. The number of likely N-dealkylation sites (N-methyl/N-ethyl adjacent to an activating group) is 1. The highest BCUT2D eigenvalue weighted by molar-refractivity contribution is 5.97. The number of rotatable bonds is 6. The molecule has 0 atom stereocenters. The third-order valence-electron chi connectivity index (χ3n) is 5.75. The van der Waals surface area contributed by atoms with Crippen molar-refractivity contribution in [3.63, 3.8) is 0 Å². The maximum atomic E-state index is 12.7. The molecule has 2 aromatic heterocycles. The lowest BCUT2D eigenvalue weighted by atomic mass is 10.2. The number of nitrogens with one attached hydrogen (secondary N) is 1. The molecule has 176 valence electrons. The predicted molar refractivity (Wildman–Crippen MR) is 122 cm³/mol. The molecule has 1 saturated heterocycles. The molecule has 3 heterocycles. The number of nitrogens with zero attached hydrogens (tertiary/aromatic N) is 6. The fourth-order valence-electron chi connectivity index (χ4n) is 3.98. The van der Waals surface area contributed by atoms with Gasteiger partial charge in [-0.1, -0.05) is 24.3 Å². The monoisotopic (exact) mass is 467 g/mol. The van der Waals surface area contributed by atoms with Gasteiger partial charge in [0.25, 0.3) is 5.91 Å². The van der Waals surface area contributed by atoms with Crippen molar-refractivity contribution < 1.29 is 18.3 Å². The number of alkyl halides is 2. The van der Waals surface area contributed by atoms with Gasteiger partial charge in [0, 0.05) is 31.6 Å². The number of carbonyl (C=O) groups excluding carboxylic acids is 1. The van der Waals surface area contributed by atoms with Crippen LogP contribution in [0.3, 0.4) is 0 Å². The summed E-state index contributed by atoms with van der Waals surface area (Å²) >= 11 is 0. The Hall–Kier alpha value is -3.86. The van der Waals surface area contributed by atoms with E-state index in [0.29, 0.717) is 17.4 Å². The summed E-state index contributed by atoms with van der Waals surface area (Å²) in [5.74, 6) is 0.333. The number of para-hydroxylation sites is 2. The highest BCUT2D eigenvalue weighted by atomic mass is 19.3. The molecule has 0 bridgehead atoms. The normalized spacial score (nSPS) is 14.8. The van der Waals surface area contributed by atoms with Crippen molar-refractivity contribution in [2.24, 2.45) is 0 Å². The van der Waals surface area contributed by atoms with Crippen molar-refractivity contribution in [1.29, 1.82) is 0 Å². The van der Waals surface area contributed by atoms with E-state index >= 15 is 0 Å². The molecule has 4 aromatic rings. The molecule has 0 unspecified atom stereocenters. The van der Waals surface area contributed by atoms with Gasteiger partial charge in [-0.15, -0.1) is 5.10 Å². The number of hydrogen-bond donors (Lipinski definition) is 1. The van der Waals surface area contributed by atoms with Crippen molar-refractivity contribution in [1.82, 2.24) is 29.8 Å². The van der Waals surface area contributed by atoms with Crippen molar-refractivity contribution in [2.45, 2.75) is 13.2 Å². The van der Waals surface area contributed by atoms with Gasteiger partial charge in [-0.25, -0.2) is 9.97 Å². The first-order valence-electron chi connectivity index (χ1n) is 10.9. The van der Waals surface area contributed by atoms with Crippen LogP contribution in [0, 0.1) is 0 Å². The van der Waals surface area contributed by atoms with E-state index in [1.54, 1.807) is 10.6 Å². The van der Waals surface area contributed by atoms with Gasteiger partial charge in [0.05, 0.1) is 17.6 Å². The first kappa shape index (κ1) is 22.0. The van der Waals surface area contributed by atoms with E-state index in [0.717, 1.165) is 37.1 Å². The van der Waals surface area contributed by atoms with Crippen LogP contribution in [0.1, 0.15) is 16.2 Å². The summed E-state index contributed by atoms with van der Waals surface area (Å²) in [5, 5.41) is 8.16. The van der Waals surface area contributed by atoms with Gasteiger partial charge in [-0.05, 0) is 31.3 Å². The zero-order valence-electron chi connectivity index (χ0n) is 18.5. The van der Waals surface area contributed by atoms with E-state index < -0.39 is 12.5 Å². The number of anilines is 1. The van der Waals surface area contributed by atoms with Crippen molar-refractivity contribution >= 4 is 28.4 Å². The maximum Gasteiger partial charge on any atom is 0.387 e. The van der Waals surface area contributed by atoms with Crippen molar-refractivity contribution in [3.8, 4) is 5.75 Å². The SMILES string of the molecule is CN1CCN(c2nc3ccccc3c3nc(CNC(=O)c4ccccc4OC(F)F)nn23)CC1. The van der Waals surface area contributed by atoms with Crippen LogP contribution >= 0.6 is 0 Å². The van der Waals surface area contributed by atoms with Crippen molar-refractivity contribution in [2.75, 3.05) is 38.1 Å². The van der Waals surface area contributed by atoms with E-state index in [4.69, 9.17) is 4.98 Å². The second-order valence-electron chi connectivity index (χ2n) is 8.04. The lowest BCUT2D eigenvalue weighted by Gasteiger charge is -2.33.